The quantitative estimate of drug-likeness (QED) is 0.540. The van der Waals surface area contributed by atoms with E-state index in [4.69, 9.17) is 21.4 Å². The predicted molar refractivity (Wildman–Crippen MR) is 78.2 cm³/mol. The largest absolute Gasteiger partial charge is 0.480 e. The minimum Gasteiger partial charge on any atom is -0.480 e. The van der Waals surface area contributed by atoms with Crippen LogP contribution in [0.2, 0.25) is 5.02 Å². The maximum Gasteiger partial charge on any atom is 0.328 e. The molecule has 0 aliphatic carbocycles. The van der Waals surface area contributed by atoms with Crippen molar-refractivity contribution in [1.82, 2.24) is 5.32 Å². The van der Waals surface area contributed by atoms with E-state index in [1.807, 2.05) is 0 Å². The summed E-state index contributed by atoms with van der Waals surface area (Å²) in [6.45, 7) is 3.62. The highest BCUT2D eigenvalue weighted by atomic mass is 35.5. The van der Waals surface area contributed by atoms with Crippen LogP contribution in [0.4, 0.5) is 0 Å². The molecule has 0 saturated heterocycles. The Bertz CT molecular complexity index is 475. The van der Waals surface area contributed by atoms with E-state index in [-0.39, 0.29) is 25.5 Å². The smallest absolute Gasteiger partial charge is 0.328 e. The fraction of sp³-hybridized carbons (Fsp3) is 0.385. The van der Waals surface area contributed by atoms with Gasteiger partial charge in [0, 0.05) is 16.7 Å². The molecule has 1 unspecified atom stereocenters. The van der Waals surface area contributed by atoms with Crippen molar-refractivity contribution >= 4 is 34.8 Å². The number of halogens is 1. The predicted octanol–water partition coefficient (Wildman–Crippen LogP) is 2.11. The molecule has 1 atom stereocenters. The maximum absolute atomic E-state index is 11.7. The molecule has 0 aliphatic heterocycles. The van der Waals surface area contributed by atoms with E-state index in [1.165, 1.54) is 17.4 Å². The normalized spacial score (nSPS) is 11.8. The molecule has 2 N–H and O–H groups in total. The van der Waals surface area contributed by atoms with Gasteiger partial charge in [-0.1, -0.05) is 17.7 Å². The molecule has 5 nitrogen and oxygen atoms in total. The molecule has 0 aliphatic rings. The summed E-state index contributed by atoms with van der Waals surface area (Å²) in [4.78, 5) is 23.6. The SMILES string of the molecule is C=CCOCC(NC(=O)CCc1cc(Cl)cs1)C(=O)O. The highest BCUT2D eigenvalue weighted by molar-refractivity contribution is 7.10. The van der Waals surface area contributed by atoms with Crippen LogP contribution in [0.1, 0.15) is 11.3 Å². The standard InChI is InChI=1S/C13H16ClNO4S/c1-2-5-19-7-11(13(17)18)15-12(16)4-3-10-6-9(14)8-20-10/h2,6,8,11H,1,3-5,7H2,(H,15,16)(H,17,18). The zero-order chi connectivity index (χ0) is 15.0. The Labute approximate surface area is 126 Å². The number of hydrogen-bond donors (Lipinski definition) is 2. The van der Waals surface area contributed by atoms with E-state index < -0.39 is 12.0 Å². The van der Waals surface area contributed by atoms with E-state index in [1.54, 1.807) is 11.4 Å². The Morgan fingerprint density at radius 2 is 2.35 bits per heavy atom. The van der Waals surface area contributed by atoms with Gasteiger partial charge in [-0.2, -0.15) is 0 Å². The fourth-order valence-electron chi connectivity index (χ4n) is 1.43. The lowest BCUT2D eigenvalue weighted by molar-refractivity contribution is -0.143. The average Bonchev–Trinajstić information content (AvgIpc) is 2.81. The maximum atomic E-state index is 11.7. The summed E-state index contributed by atoms with van der Waals surface area (Å²) >= 11 is 7.25. The summed E-state index contributed by atoms with van der Waals surface area (Å²) in [5.41, 5.74) is 0. The lowest BCUT2D eigenvalue weighted by Crippen LogP contribution is -2.44. The number of aryl methyl sites for hydroxylation is 1. The molecule has 1 rings (SSSR count). The summed E-state index contributed by atoms with van der Waals surface area (Å²) in [5.74, 6) is -1.45. The lowest BCUT2D eigenvalue weighted by atomic mass is 10.2. The number of carbonyl (C=O) groups excluding carboxylic acids is 1. The van der Waals surface area contributed by atoms with Crippen molar-refractivity contribution in [2.75, 3.05) is 13.2 Å². The van der Waals surface area contributed by atoms with Crippen LogP contribution < -0.4 is 5.32 Å². The molecule has 0 saturated carbocycles. The second kappa shape index (κ2) is 8.73. The first-order chi connectivity index (χ1) is 9.52. The third-order valence-corrected chi connectivity index (χ3v) is 3.72. The van der Waals surface area contributed by atoms with Crippen molar-refractivity contribution in [1.29, 1.82) is 0 Å². The monoisotopic (exact) mass is 317 g/mol. The van der Waals surface area contributed by atoms with E-state index in [2.05, 4.69) is 11.9 Å². The first-order valence-electron chi connectivity index (χ1n) is 5.96. The number of aliphatic carboxylic acids is 1. The van der Waals surface area contributed by atoms with Crippen LogP contribution in [0, 0.1) is 0 Å². The molecule has 0 radical (unpaired) electrons. The lowest BCUT2D eigenvalue weighted by Gasteiger charge is -2.14. The highest BCUT2D eigenvalue weighted by Crippen LogP contribution is 2.20. The van der Waals surface area contributed by atoms with E-state index in [0.29, 0.717) is 11.4 Å². The van der Waals surface area contributed by atoms with Crippen LogP contribution in [-0.2, 0) is 20.7 Å². The van der Waals surface area contributed by atoms with Crippen LogP contribution in [0.5, 0.6) is 0 Å². The van der Waals surface area contributed by atoms with Crippen LogP contribution in [0.25, 0.3) is 0 Å². The minimum absolute atomic E-state index is 0.0854. The van der Waals surface area contributed by atoms with Gasteiger partial charge in [0.25, 0.3) is 0 Å². The van der Waals surface area contributed by atoms with Crippen molar-refractivity contribution in [3.63, 3.8) is 0 Å². The Kier molecular flexibility index (Phi) is 7.28. The van der Waals surface area contributed by atoms with Crippen molar-refractivity contribution < 1.29 is 19.4 Å². The van der Waals surface area contributed by atoms with Crippen LogP contribution in [-0.4, -0.2) is 36.2 Å². The molecule has 1 aromatic rings. The topological polar surface area (TPSA) is 75.6 Å². The first kappa shape index (κ1) is 16.7. The van der Waals surface area contributed by atoms with E-state index in [9.17, 15) is 9.59 Å². The van der Waals surface area contributed by atoms with Gasteiger partial charge in [-0.3, -0.25) is 4.79 Å². The van der Waals surface area contributed by atoms with Gasteiger partial charge < -0.3 is 15.2 Å². The van der Waals surface area contributed by atoms with Gasteiger partial charge in [-0.15, -0.1) is 17.9 Å². The molecule has 20 heavy (non-hydrogen) atoms. The molecule has 1 heterocycles. The van der Waals surface area contributed by atoms with Gasteiger partial charge in [-0.25, -0.2) is 4.79 Å². The number of hydrogen-bond acceptors (Lipinski definition) is 4. The molecule has 7 heteroatoms. The van der Waals surface area contributed by atoms with Crippen LogP contribution in [0.15, 0.2) is 24.1 Å². The minimum atomic E-state index is -1.12. The third-order valence-electron chi connectivity index (χ3n) is 2.37. The molecule has 0 fully saturated rings. The third kappa shape index (κ3) is 6.18. The zero-order valence-corrected chi connectivity index (χ0v) is 12.4. The van der Waals surface area contributed by atoms with Gasteiger partial charge in [0.1, 0.15) is 0 Å². The number of nitrogens with one attached hydrogen (secondary N) is 1. The molecule has 0 aromatic carbocycles. The number of thiophene rings is 1. The highest BCUT2D eigenvalue weighted by Gasteiger charge is 2.19. The van der Waals surface area contributed by atoms with E-state index >= 15 is 0 Å². The summed E-state index contributed by atoms with van der Waals surface area (Å²) < 4.78 is 5.04. The van der Waals surface area contributed by atoms with E-state index in [0.717, 1.165) is 4.88 Å². The number of carboxylic acids is 1. The van der Waals surface area contributed by atoms with Crippen molar-refractivity contribution in [3.05, 3.63) is 34.0 Å². The Hall–Kier alpha value is -1.37. The fourth-order valence-corrected chi connectivity index (χ4v) is 2.51. The number of amides is 1. The van der Waals surface area contributed by atoms with Gasteiger partial charge in [0.15, 0.2) is 6.04 Å². The van der Waals surface area contributed by atoms with Gasteiger partial charge >= 0.3 is 5.97 Å². The van der Waals surface area contributed by atoms with Gasteiger partial charge in [0.2, 0.25) is 5.91 Å². The average molecular weight is 318 g/mol. The molecule has 0 bridgehead atoms. The number of ether oxygens (including phenoxy) is 1. The Morgan fingerprint density at radius 3 is 2.90 bits per heavy atom. The molecule has 1 amide bonds. The summed E-state index contributed by atoms with van der Waals surface area (Å²) in [5, 5.41) is 13.8. The summed E-state index contributed by atoms with van der Waals surface area (Å²) in [6.07, 6.45) is 2.26. The number of rotatable bonds is 9. The zero-order valence-electron chi connectivity index (χ0n) is 10.8. The Morgan fingerprint density at radius 1 is 1.60 bits per heavy atom. The molecular formula is C13H16ClNO4S. The Balaban J connectivity index is 2.37. The van der Waals surface area contributed by atoms with Crippen LogP contribution >= 0.6 is 22.9 Å². The molecule has 110 valence electrons. The van der Waals surface area contributed by atoms with Crippen LogP contribution in [0.3, 0.4) is 0 Å². The molecular weight excluding hydrogens is 302 g/mol. The molecule has 1 aromatic heterocycles. The number of carboxylic acid groups (broad SMARTS) is 1. The van der Waals surface area contributed by atoms with Gasteiger partial charge in [0.05, 0.1) is 18.2 Å². The molecule has 0 spiro atoms. The number of carbonyl (C=O) groups is 2. The second-order valence-electron chi connectivity index (χ2n) is 4.02. The summed E-state index contributed by atoms with van der Waals surface area (Å²) in [7, 11) is 0. The second-order valence-corrected chi connectivity index (χ2v) is 5.45. The van der Waals surface area contributed by atoms with Gasteiger partial charge in [-0.05, 0) is 12.5 Å². The van der Waals surface area contributed by atoms with Crippen molar-refractivity contribution in [2.24, 2.45) is 0 Å². The summed E-state index contributed by atoms with van der Waals surface area (Å²) in [6, 6.07) is 0.746. The van der Waals surface area contributed by atoms with Crippen molar-refractivity contribution in [2.45, 2.75) is 18.9 Å². The van der Waals surface area contributed by atoms with Crippen molar-refractivity contribution in [3.8, 4) is 0 Å². The first-order valence-corrected chi connectivity index (χ1v) is 7.22.